The van der Waals surface area contributed by atoms with Crippen molar-refractivity contribution in [3.63, 3.8) is 0 Å². The van der Waals surface area contributed by atoms with Gasteiger partial charge in [0.2, 0.25) is 5.88 Å². The normalized spacial score (nSPS) is 19.1. The number of hydrogen-bond donors (Lipinski definition) is 1. The molecule has 3 atom stereocenters. The molecule has 0 aliphatic carbocycles. The molecule has 11 nitrogen and oxygen atoms in total. The van der Waals surface area contributed by atoms with E-state index in [-0.39, 0.29) is 31.1 Å². The Bertz CT molecular complexity index is 1090. The van der Waals surface area contributed by atoms with E-state index in [1.165, 1.54) is 27.4 Å². The number of benzene rings is 1. The van der Waals surface area contributed by atoms with Crippen LogP contribution in [-0.4, -0.2) is 72.9 Å². The van der Waals surface area contributed by atoms with Crippen molar-refractivity contribution in [2.24, 2.45) is 5.92 Å². The maximum atomic E-state index is 13.0. The van der Waals surface area contributed by atoms with E-state index in [9.17, 15) is 24.3 Å². The number of esters is 2. The van der Waals surface area contributed by atoms with E-state index in [0.717, 1.165) is 10.5 Å². The first-order chi connectivity index (χ1) is 16.8. The predicted octanol–water partition coefficient (Wildman–Crippen LogP) is 2.25. The summed E-state index contributed by atoms with van der Waals surface area (Å²) in [6.07, 6.45) is -1.11. The lowest BCUT2D eigenvalue weighted by molar-refractivity contribution is -0.145. The Morgan fingerprint density at radius 1 is 1.03 bits per heavy atom. The van der Waals surface area contributed by atoms with E-state index >= 15 is 0 Å². The molecule has 11 heteroatoms. The number of likely N-dealkylation sites (tertiary alicyclic amines) is 1. The molecule has 1 aromatic heterocycles. The van der Waals surface area contributed by atoms with Crippen molar-refractivity contribution in [3.8, 4) is 5.88 Å². The lowest BCUT2D eigenvalue weighted by Gasteiger charge is -2.24. The van der Waals surface area contributed by atoms with Crippen LogP contribution in [0.4, 0.5) is 4.79 Å². The first-order valence-corrected chi connectivity index (χ1v) is 10.7. The highest BCUT2D eigenvalue weighted by Crippen LogP contribution is 2.43. The summed E-state index contributed by atoms with van der Waals surface area (Å²) in [7, 11) is 3.75. The molecular formula is C24H26N2O9. The van der Waals surface area contributed by atoms with Crippen LogP contribution in [-0.2, 0) is 30.4 Å². The van der Waals surface area contributed by atoms with E-state index in [1.54, 1.807) is 30.3 Å². The molecule has 1 aliphatic rings. The highest BCUT2D eigenvalue weighted by atomic mass is 16.6. The number of ether oxygens (including phenoxy) is 4. The summed E-state index contributed by atoms with van der Waals surface area (Å²) in [6.45, 7) is -0.130. The molecule has 1 fully saturated rings. The number of pyridine rings is 1. The first kappa shape index (κ1) is 25.5. The smallest absolute Gasteiger partial charge is 0.410 e. The minimum Gasteiger partial charge on any atom is -0.481 e. The molecular weight excluding hydrogens is 460 g/mol. The van der Waals surface area contributed by atoms with Crippen LogP contribution in [0.25, 0.3) is 0 Å². The Morgan fingerprint density at radius 3 is 2.34 bits per heavy atom. The van der Waals surface area contributed by atoms with E-state index in [4.69, 9.17) is 14.2 Å². The van der Waals surface area contributed by atoms with Gasteiger partial charge in [-0.25, -0.2) is 19.4 Å². The van der Waals surface area contributed by atoms with Crippen molar-refractivity contribution < 1.29 is 43.2 Å². The monoisotopic (exact) mass is 486 g/mol. The maximum Gasteiger partial charge on any atom is 0.410 e. The Balaban J connectivity index is 1.96. The first-order valence-electron chi connectivity index (χ1n) is 10.7. The number of rotatable bonds is 8. The number of aromatic nitrogens is 1. The van der Waals surface area contributed by atoms with Crippen molar-refractivity contribution in [2.75, 3.05) is 27.9 Å². The number of carboxylic acids is 1. The van der Waals surface area contributed by atoms with Crippen molar-refractivity contribution in [1.82, 2.24) is 9.88 Å². The van der Waals surface area contributed by atoms with Crippen LogP contribution >= 0.6 is 0 Å². The molecule has 0 unspecified atom stereocenters. The molecule has 0 saturated carbocycles. The lowest BCUT2D eigenvalue weighted by Crippen LogP contribution is -2.44. The van der Waals surface area contributed by atoms with Crippen LogP contribution in [0, 0.1) is 5.92 Å². The third kappa shape index (κ3) is 5.68. The molecule has 1 N–H and O–H groups in total. The van der Waals surface area contributed by atoms with Gasteiger partial charge in [0.25, 0.3) is 0 Å². The van der Waals surface area contributed by atoms with E-state index < -0.39 is 41.9 Å². The van der Waals surface area contributed by atoms with Gasteiger partial charge in [-0.15, -0.1) is 0 Å². The number of aliphatic carboxylic acids is 1. The second-order valence-corrected chi connectivity index (χ2v) is 7.81. The molecule has 1 aromatic carbocycles. The Morgan fingerprint density at radius 2 is 1.74 bits per heavy atom. The minimum absolute atomic E-state index is 0.00970. The zero-order chi connectivity index (χ0) is 25.5. The molecule has 0 bridgehead atoms. The number of carbonyl (C=O) groups is 4. The van der Waals surface area contributed by atoms with Crippen LogP contribution < -0.4 is 4.74 Å². The minimum atomic E-state index is -1.37. The maximum absolute atomic E-state index is 13.0. The van der Waals surface area contributed by atoms with E-state index in [2.05, 4.69) is 9.72 Å². The van der Waals surface area contributed by atoms with Gasteiger partial charge in [-0.1, -0.05) is 36.4 Å². The van der Waals surface area contributed by atoms with Gasteiger partial charge in [-0.05, 0) is 11.6 Å². The number of methoxy groups -OCH3 is 3. The predicted molar refractivity (Wildman–Crippen MR) is 120 cm³/mol. The Kier molecular flexibility index (Phi) is 8.24. The van der Waals surface area contributed by atoms with Crippen molar-refractivity contribution in [2.45, 2.75) is 25.0 Å². The van der Waals surface area contributed by atoms with Gasteiger partial charge in [-0.3, -0.25) is 9.69 Å². The van der Waals surface area contributed by atoms with Gasteiger partial charge >= 0.3 is 24.0 Å². The number of carboxylic acid groups (broad SMARTS) is 1. The molecule has 1 amide bonds. The highest BCUT2D eigenvalue weighted by molar-refractivity contribution is 5.87. The van der Waals surface area contributed by atoms with Crippen molar-refractivity contribution >= 4 is 24.0 Å². The summed E-state index contributed by atoms with van der Waals surface area (Å²) < 4.78 is 20.2. The molecule has 1 aliphatic heterocycles. The van der Waals surface area contributed by atoms with Crippen LogP contribution in [0.15, 0.2) is 42.5 Å². The van der Waals surface area contributed by atoms with Crippen molar-refractivity contribution in [1.29, 1.82) is 0 Å². The summed E-state index contributed by atoms with van der Waals surface area (Å²) in [6, 6.07) is 10.5. The number of carbonyl (C=O) groups excluding carboxylic acids is 3. The zero-order valence-corrected chi connectivity index (χ0v) is 19.5. The van der Waals surface area contributed by atoms with Crippen LogP contribution in [0.5, 0.6) is 5.88 Å². The van der Waals surface area contributed by atoms with Gasteiger partial charge in [0, 0.05) is 23.9 Å². The topological polar surface area (TPSA) is 142 Å². The van der Waals surface area contributed by atoms with Gasteiger partial charge in [-0.2, -0.15) is 0 Å². The summed E-state index contributed by atoms with van der Waals surface area (Å²) in [5.41, 5.74) is 1.15. The lowest BCUT2D eigenvalue weighted by atomic mass is 9.83. The number of amides is 1. The van der Waals surface area contributed by atoms with Gasteiger partial charge in [0.15, 0.2) is 5.69 Å². The third-order valence-corrected chi connectivity index (χ3v) is 5.85. The Hall–Kier alpha value is -4.15. The van der Waals surface area contributed by atoms with Crippen LogP contribution in [0.2, 0.25) is 0 Å². The van der Waals surface area contributed by atoms with Gasteiger partial charge < -0.3 is 24.1 Å². The second kappa shape index (κ2) is 11.3. The highest BCUT2D eigenvalue weighted by Gasteiger charge is 2.51. The average Bonchev–Trinajstić information content (AvgIpc) is 3.25. The van der Waals surface area contributed by atoms with Crippen molar-refractivity contribution in [3.05, 3.63) is 59.3 Å². The molecule has 0 spiro atoms. The van der Waals surface area contributed by atoms with Crippen LogP contribution in [0.1, 0.15) is 34.0 Å². The fraction of sp³-hybridized carbons (Fsp3) is 0.375. The van der Waals surface area contributed by atoms with E-state index in [1.807, 2.05) is 6.07 Å². The fourth-order valence-electron chi connectivity index (χ4n) is 4.19. The second-order valence-electron chi connectivity index (χ2n) is 7.81. The van der Waals surface area contributed by atoms with Gasteiger partial charge in [0.1, 0.15) is 12.6 Å². The zero-order valence-electron chi connectivity index (χ0n) is 19.5. The SMILES string of the molecule is COC(=O)C[C@H]1[C@@H](c2ccc(C(=O)OC)nc2OC)CN(C(=O)OCc2ccccc2)[C@H]1C(=O)O. The quantitative estimate of drug-likeness (QED) is 0.436. The molecule has 0 radical (unpaired) electrons. The number of hydrogen-bond acceptors (Lipinski definition) is 9. The fourth-order valence-corrected chi connectivity index (χ4v) is 4.19. The number of nitrogens with zero attached hydrogens (tertiary/aromatic N) is 2. The average molecular weight is 486 g/mol. The molecule has 3 rings (SSSR count). The van der Waals surface area contributed by atoms with Crippen LogP contribution in [0.3, 0.4) is 0 Å². The molecule has 1 saturated heterocycles. The summed E-state index contributed by atoms with van der Waals surface area (Å²) >= 11 is 0. The summed E-state index contributed by atoms with van der Waals surface area (Å²) in [5, 5.41) is 10.0. The third-order valence-electron chi connectivity index (χ3n) is 5.85. The Labute approximate surface area is 201 Å². The van der Waals surface area contributed by atoms with Gasteiger partial charge in [0.05, 0.1) is 27.8 Å². The molecule has 186 valence electrons. The summed E-state index contributed by atoms with van der Waals surface area (Å²) in [4.78, 5) is 54.5. The standard InChI is InChI=1S/C24H26N2O9/c1-32-19(27)11-16-17(15-9-10-18(23(30)34-3)25-21(15)33-2)12-26(20(16)22(28)29)24(31)35-13-14-7-5-4-6-8-14/h4-10,16-17,20H,11-13H2,1-3H3,(H,28,29)/t16-,17+,20+/m0/s1. The van der Waals surface area contributed by atoms with E-state index in [0.29, 0.717) is 5.56 Å². The molecule has 2 heterocycles. The summed E-state index contributed by atoms with van der Waals surface area (Å²) in [5.74, 6) is -4.10. The largest absolute Gasteiger partial charge is 0.481 e. The molecule has 35 heavy (non-hydrogen) atoms. The molecule has 2 aromatic rings.